The lowest BCUT2D eigenvalue weighted by atomic mass is 9.93. The minimum absolute atomic E-state index is 0.236. The molecule has 0 amide bonds. The fourth-order valence-corrected chi connectivity index (χ4v) is 6.35. The average molecular weight is 602 g/mol. The lowest BCUT2D eigenvalue weighted by Gasteiger charge is -2.17. The summed E-state index contributed by atoms with van der Waals surface area (Å²) in [6, 6.07) is 20.3. The predicted molar refractivity (Wildman–Crippen MR) is 178 cm³/mol. The number of likely N-dealkylation sites (tertiary alicyclic amines) is 1. The molecule has 7 nitrogen and oxygen atoms in total. The molecular formula is C36H32ClN5O2. The maximum atomic E-state index is 9.89. The first kappa shape index (κ1) is 28.2. The molecule has 1 saturated heterocycles. The largest absolute Gasteiger partial charge is 0.434 e. The summed E-state index contributed by atoms with van der Waals surface area (Å²) in [5, 5.41) is 15.0. The maximum Gasteiger partial charge on any atom is 0.227 e. The second-order valence-electron chi connectivity index (χ2n) is 11.4. The van der Waals surface area contributed by atoms with Gasteiger partial charge in [0.25, 0.3) is 0 Å². The molecule has 1 fully saturated rings. The summed E-state index contributed by atoms with van der Waals surface area (Å²) in [7, 11) is 0. The molecule has 8 heteroatoms. The molecule has 0 aliphatic carbocycles. The van der Waals surface area contributed by atoms with Gasteiger partial charge in [-0.25, -0.2) is 9.97 Å². The van der Waals surface area contributed by atoms with Crippen molar-refractivity contribution in [3.05, 3.63) is 107 Å². The highest BCUT2D eigenvalue weighted by molar-refractivity contribution is 6.34. The van der Waals surface area contributed by atoms with E-state index in [4.69, 9.17) is 26.0 Å². The van der Waals surface area contributed by atoms with Crippen molar-refractivity contribution in [2.45, 2.75) is 32.9 Å². The van der Waals surface area contributed by atoms with Crippen LogP contribution in [0.15, 0.2) is 84.1 Å². The zero-order valence-electron chi connectivity index (χ0n) is 24.6. The summed E-state index contributed by atoms with van der Waals surface area (Å²) in [4.78, 5) is 16.5. The standard InChI is InChI=1S/C36H32ClN5O2/c1-4-23-16-30(37)34-32(17-23)41-36(44-34)29-9-5-7-27(21(29)2)28-8-6-10-31(22(28)3)40-35-33-25(11-13-38-35)15-24(18-39-33)19-42-14-12-26(43)20-42/h4-11,13,15-18,26,43H,1,12,14,19-20H2,2-3H3,(H,38,40). The molecule has 1 aliphatic heterocycles. The fourth-order valence-electron chi connectivity index (χ4n) is 6.09. The van der Waals surface area contributed by atoms with Gasteiger partial charge in [-0.15, -0.1) is 0 Å². The summed E-state index contributed by atoms with van der Waals surface area (Å²) in [6.07, 6.45) is 6.06. The number of pyridine rings is 2. The number of nitrogens with one attached hydrogen (secondary N) is 1. The van der Waals surface area contributed by atoms with Crippen LogP contribution >= 0.6 is 11.6 Å². The summed E-state index contributed by atoms with van der Waals surface area (Å²) < 4.78 is 6.16. The van der Waals surface area contributed by atoms with Gasteiger partial charge in [0.05, 0.1) is 11.1 Å². The highest BCUT2D eigenvalue weighted by Crippen LogP contribution is 2.38. The van der Waals surface area contributed by atoms with Gasteiger partial charge in [0.15, 0.2) is 11.4 Å². The molecule has 1 atom stereocenters. The van der Waals surface area contributed by atoms with Gasteiger partial charge in [-0.3, -0.25) is 9.88 Å². The van der Waals surface area contributed by atoms with Crippen LogP contribution in [-0.2, 0) is 6.54 Å². The van der Waals surface area contributed by atoms with Crippen molar-refractivity contribution in [3.63, 3.8) is 0 Å². The lowest BCUT2D eigenvalue weighted by Crippen LogP contribution is -2.21. The minimum Gasteiger partial charge on any atom is -0.434 e. The van der Waals surface area contributed by atoms with Crippen LogP contribution in [0.2, 0.25) is 5.02 Å². The lowest BCUT2D eigenvalue weighted by molar-refractivity contribution is 0.175. The number of rotatable bonds is 7. The third-order valence-corrected chi connectivity index (χ3v) is 8.73. The van der Waals surface area contributed by atoms with E-state index < -0.39 is 0 Å². The summed E-state index contributed by atoms with van der Waals surface area (Å²) in [5.74, 6) is 1.24. The normalized spacial score (nSPS) is 15.3. The number of hydrogen-bond donors (Lipinski definition) is 2. The number of benzene rings is 3. The zero-order chi connectivity index (χ0) is 30.4. The van der Waals surface area contributed by atoms with Crippen LogP contribution in [0.5, 0.6) is 0 Å². The van der Waals surface area contributed by atoms with Crippen LogP contribution in [0.4, 0.5) is 11.5 Å². The number of β-amino-alcohol motifs (C(OH)–C–C–N with tert-alkyl or cyclic N) is 1. The molecule has 44 heavy (non-hydrogen) atoms. The molecule has 4 heterocycles. The number of fused-ring (bicyclic) bond motifs is 2. The molecule has 0 saturated carbocycles. The molecule has 0 radical (unpaired) electrons. The molecule has 220 valence electrons. The monoisotopic (exact) mass is 601 g/mol. The first-order valence-corrected chi connectivity index (χ1v) is 15.1. The number of anilines is 2. The molecular weight excluding hydrogens is 570 g/mol. The average Bonchev–Trinajstić information content (AvgIpc) is 3.64. The van der Waals surface area contributed by atoms with E-state index in [0.29, 0.717) is 34.4 Å². The van der Waals surface area contributed by atoms with E-state index in [1.54, 1.807) is 6.08 Å². The number of nitrogens with zero attached hydrogens (tertiary/aromatic N) is 4. The molecule has 1 unspecified atom stereocenters. The van der Waals surface area contributed by atoms with Crippen molar-refractivity contribution in [3.8, 4) is 22.6 Å². The maximum absolute atomic E-state index is 9.89. The van der Waals surface area contributed by atoms with E-state index in [0.717, 1.165) is 75.0 Å². The summed E-state index contributed by atoms with van der Waals surface area (Å²) in [6.45, 7) is 10.4. The first-order valence-electron chi connectivity index (χ1n) is 14.7. The number of halogens is 1. The zero-order valence-corrected chi connectivity index (χ0v) is 25.4. The van der Waals surface area contributed by atoms with Gasteiger partial charge in [-0.05, 0) is 90.0 Å². The van der Waals surface area contributed by atoms with E-state index in [1.165, 1.54) is 0 Å². The van der Waals surface area contributed by atoms with E-state index in [1.807, 2.05) is 48.8 Å². The van der Waals surface area contributed by atoms with Crippen LogP contribution in [0.1, 0.15) is 28.7 Å². The van der Waals surface area contributed by atoms with Gasteiger partial charge in [0.2, 0.25) is 5.89 Å². The van der Waals surface area contributed by atoms with Gasteiger partial charge in [-0.2, -0.15) is 0 Å². The third kappa shape index (κ3) is 5.24. The van der Waals surface area contributed by atoms with Crippen molar-refractivity contribution in [1.29, 1.82) is 0 Å². The Morgan fingerprint density at radius 3 is 2.64 bits per heavy atom. The van der Waals surface area contributed by atoms with Crippen molar-refractivity contribution in [2.24, 2.45) is 0 Å². The Morgan fingerprint density at radius 1 is 1.05 bits per heavy atom. The Balaban J connectivity index is 1.20. The second-order valence-corrected chi connectivity index (χ2v) is 11.8. The Morgan fingerprint density at radius 2 is 1.84 bits per heavy atom. The van der Waals surface area contributed by atoms with Crippen molar-refractivity contribution >= 4 is 51.2 Å². The minimum atomic E-state index is -0.236. The fraction of sp³-hybridized carbons (Fsp3) is 0.194. The van der Waals surface area contributed by atoms with Crippen LogP contribution < -0.4 is 5.32 Å². The van der Waals surface area contributed by atoms with Crippen molar-refractivity contribution in [1.82, 2.24) is 19.9 Å². The predicted octanol–water partition coefficient (Wildman–Crippen LogP) is 8.33. The summed E-state index contributed by atoms with van der Waals surface area (Å²) >= 11 is 6.49. The van der Waals surface area contributed by atoms with Crippen molar-refractivity contribution < 1.29 is 9.52 Å². The number of hydrogen-bond acceptors (Lipinski definition) is 7. The van der Waals surface area contributed by atoms with Gasteiger partial charge in [0.1, 0.15) is 11.0 Å². The molecule has 3 aromatic carbocycles. The number of aliphatic hydroxyl groups excluding tert-OH is 1. The number of aromatic nitrogens is 3. The van der Waals surface area contributed by atoms with Gasteiger partial charge in [-0.1, -0.05) is 48.5 Å². The SMILES string of the molecule is C=Cc1cc(Cl)c2oc(-c3cccc(-c4cccc(Nc5nccc6cc(CN7CCC(O)C7)cnc56)c4C)c3C)nc2c1. The number of oxazole rings is 1. The topological polar surface area (TPSA) is 87.3 Å². The van der Waals surface area contributed by atoms with Gasteiger partial charge in [0, 0.05) is 48.7 Å². The quantitative estimate of drug-likeness (QED) is 0.190. The second kappa shape index (κ2) is 11.5. The van der Waals surface area contributed by atoms with E-state index in [9.17, 15) is 5.11 Å². The van der Waals surface area contributed by atoms with Crippen LogP contribution in [-0.4, -0.2) is 44.2 Å². The van der Waals surface area contributed by atoms with E-state index >= 15 is 0 Å². The van der Waals surface area contributed by atoms with Crippen LogP contribution in [0.25, 0.3) is 50.7 Å². The molecule has 0 bridgehead atoms. The Hall–Kier alpha value is -4.56. The van der Waals surface area contributed by atoms with Crippen molar-refractivity contribution in [2.75, 3.05) is 18.4 Å². The molecule has 0 spiro atoms. The highest BCUT2D eigenvalue weighted by atomic mass is 35.5. The Bertz CT molecular complexity index is 2050. The van der Waals surface area contributed by atoms with Gasteiger partial charge >= 0.3 is 0 Å². The van der Waals surface area contributed by atoms with E-state index in [-0.39, 0.29) is 6.10 Å². The molecule has 2 N–H and O–H groups in total. The Kier molecular flexibility index (Phi) is 7.38. The van der Waals surface area contributed by atoms with Crippen LogP contribution in [0, 0.1) is 13.8 Å². The van der Waals surface area contributed by atoms with E-state index in [2.05, 4.69) is 59.9 Å². The third-order valence-electron chi connectivity index (χ3n) is 8.45. The molecule has 1 aliphatic rings. The van der Waals surface area contributed by atoms with Crippen LogP contribution in [0.3, 0.4) is 0 Å². The molecule has 3 aromatic heterocycles. The highest BCUT2D eigenvalue weighted by Gasteiger charge is 2.21. The Labute approximate surface area is 260 Å². The summed E-state index contributed by atoms with van der Waals surface area (Å²) in [5.41, 5.74) is 10.3. The van der Waals surface area contributed by atoms with Gasteiger partial charge < -0.3 is 14.8 Å². The molecule has 6 aromatic rings. The first-order chi connectivity index (χ1) is 21.4. The molecule has 7 rings (SSSR count). The number of aliphatic hydroxyl groups is 1. The smallest absolute Gasteiger partial charge is 0.227 e.